The Hall–Kier alpha value is -1.06. The Morgan fingerprint density at radius 2 is 2.10 bits per heavy atom. The average Bonchev–Trinajstić information content (AvgIpc) is 3.00. The molecule has 1 N–H and O–H groups in total. The number of benzene rings is 1. The van der Waals surface area contributed by atoms with Crippen molar-refractivity contribution in [3.8, 4) is 5.75 Å². The summed E-state index contributed by atoms with van der Waals surface area (Å²) >= 11 is 0. The van der Waals surface area contributed by atoms with Gasteiger partial charge in [-0.15, -0.1) is 0 Å². The summed E-state index contributed by atoms with van der Waals surface area (Å²) in [5, 5.41) is 3.46. The third kappa shape index (κ3) is 5.51. The molecule has 1 heterocycles. The number of hydrogen-bond donors (Lipinski definition) is 1. The Labute approximate surface area is 122 Å². The molecule has 1 aromatic rings. The molecule has 0 spiro atoms. The first-order valence-electron chi connectivity index (χ1n) is 7.92. The van der Waals surface area contributed by atoms with Gasteiger partial charge in [-0.2, -0.15) is 0 Å². The van der Waals surface area contributed by atoms with E-state index in [-0.39, 0.29) is 0 Å². The molecule has 2 rings (SSSR count). The van der Waals surface area contributed by atoms with Gasteiger partial charge in [0.05, 0.1) is 12.7 Å². The summed E-state index contributed by atoms with van der Waals surface area (Å²) in [5.41, 5.74) is 1.36. The minimum atomic E-state index is 0.448. The molecule has 112 valence electrons. The van der Waals surface area contributed by atoms with Crippen LogP contribution in [-0.4, -0.2) is 32.4 Å². The lowest BCUT2D eigenvalue weighted by atomic mass is 10.2. The highest BCUT2D eigenvalue weighted by Crippen LogP contribution is 2.13. The van der Waals surface area contributed by atoms with Crippen LogP contribution in [0.1, 0.15) is 38.2 Å². The van der Waals surface area contributed by atoms with Gasteiger partial charge in [-0.3, -0.25) is 0 Å². The van der Waals surface area contributed by atoms with Gasteiger partial charge < -0.3 is 14.8 Å². The fourth-order valence-electron chi connectivity index (χ4n) is 2.43. The number of hydrogen-bond acceptors (Lipinski definition) is 3. The monoisotopic (exact) mass is 277 g/mol. The fourth-order valence-corrected chi connectivity index (χ4v) is 2.43. The molecular formula is C17H27NO2. The average molecular weight is 277 g/mol. The first kappa shape index (κ1) is 15.3. The molecule has 0 radical (unpaired) electrons. The number of nitrogens with one attached hydrogen (secondary N) is 1. The number of ether oxygens (including phenoxy) is 2. The predicted octanol–water partition coefficient (Wildman–Crippen LogP) is 3.18. The van der Waals surface area contributed by atoms with Gasteiger partial charge in [-0.05, 0) is 56.3 Å². The standard InChI is InChI=1S/C17H27NO2/c1-2-15-7-9-16(10-8-15)19-12-4-3-11-18-14-17-6-5-13-20-17/h7-10,17-18H,2-6,11-14H2,1H3. The molecule has 3 heteroatoms. The highest BCUT2D eigenvalue weighted by molar-refractivity contribution is 5.27. The third-order valence-corrected chi connectivity index (χ3v) is 3.74. The van der Waals surface area contributed by atoms with E-state index >= 15 is 0 Å². The van der Waals surface area contributed by atoms with Crippen molar-refractivity contribution in [3.05, 3.63) is 29.8 Å². The summed E-state index contributed by atoms with van der Waals surface area (Å²) in [4.78, 5) is 0. The van der Waals surface area contributed by atoms with E-state index in [1.807, 2.05) is 0 Å². The zero-order valence-corrected chi connectivity index (χ0v) is 12.6. The van der Waals surface area contributed by atoms with Gasteiger partial charge in [0.25, 0.3) is 0 Å². The normalized spacial score (nSPS) is 18.4. The summed E-state index contributed by atoms with van der Waals surface area (Å²) < 4.78 is 11.3. The van der Waals surface area contributed by atoms with E-state index in [2.05, 4.69) is 36.5 Å². The highest BCUT2D eigenvalue weighted by atomic mass is 16.5. The quantitative estimate of drug-likeness (QED) is 0.703. The van der Waals surface area contributed by atoms with Crippen molar-refractivity contribution < 1.29 is 9.47 Å². The molecule has 3 nitrogen and oxygen atoms in total. The van der Waals surface area contributed by atoms with Crippen molar-refractivity contribution in [2.45, 2.75) is 45.1 Å². The molecule has 1 saturated heterocycles. The first-order valence-corrected chi connectivity index (χ1v) is 7.92. The predicted molar refractivity (Wildman–Crippen MR) is 82.4 cm³/mol. The fraction of sp³-hybridized carbons (Fsp3) is 0.647. The number of aryl methyl sites for hydroxylation is 1. The molecule has 0 aliphatic carbocycles. The zero-order valence-electron chi connectivity index (χ0n) is 12.6. The molecule has 1 aliphatic rings. The van der Waals surface area contributed by atoms with E-state index in [1.165, 1.54) is 18.4 Å². The van der Waals surface area contributed by atoms with Crippen molar-refractivity contribution in [3.63, 3.8) is 0 Å². The lowest BCUT2D eigenvalue weighted by Gasteiger charge is -2.11. The molecule has 1 unspecified atom stereocenters. The number of unbranched alkanes of at least 4 members (excludes halogenated alkanes) is 1. The third-order valence-electron chi connectivity index (χ3n) is 3.74. The molecule has 0 bridgehead atoms. The van der Waals surface area contributed by atoms with Crippen molar-refractivity contribution in [2.75, 3.05) is 26.3 Å². The van der Waals surface area contributed by atoms with Crippen molar-refractivity contribution in [1.82, 2.24) is 5.32 Å². The molecule has 0 amide bonds. The van der Waals surface area contributed by atoms with Crippen LogP contribution in [0.5, 0.6) is 5.75 Å². The Kier molecular flexibility index (Phi) is 6.89. The van der Waals surface area contributed by atoms with E-state index in [0.29, 0.717) is 6.10 Å². The Bertz CT molecular complexity index is 358. The van der Waals surface area contributed by atoms with E-state index in [4.69, 9.17) is 9.47 Å². The molecule has 1 aliphatic heterocycles. The summed E-state index contributed by atoms with van der Waals surface area (Å²) in [7, 11) is 0. The van der Waals surface area contributed by atoms with Gasteiger partial charge >= 0.3 is 0 Å². The van der Waals surface area contributed by atoms with Crippen LogP contribution < -0.4 is 10.1 Å². The van der Waals surface area contributed by atoms with Crippen LogP contribution in [0.4, 0.5) is 0 Å². The Balaban J connectivity index is 1.46. The zero-order chi connectivity index (χ0) is 14.0. The first-order chi connectivity index (χ1) is 9.88. The minimum absolute atomic E-state index is 0.448. The van der Waals surface area contributed by atoms with Gasteiger partial charge in [-0.25, -0.2) is 0 Å². The Morgan fingerprint density at radius 3 is 2.80 bits per heavy atom. The molecule has 0 saturated carbocycles. The van der Waals surface area contributed by atoms with Crippen molar-refractivity contribution in [1.29, 1.82) is 0 Å². The summed E-state index contributed by atoms with van der Waals surface area (Å²) in [6.45, 7) is 5.96. The van der Waals surface area contributed by atoms with Crippen molar-refractivity contribution in [2.24, 2.45) is 0 Å². The SMILES string of the molecule is CCc1ccc(OCCCCNCC2CCCO2)cc1. The second-order valence-electron chi connectivity index (χ2n) is 5.39. The highest BCUT2D eigenvalue weighted by Gasteiger charge is 2.13. The molecule has 1 fully saturated rings. The van der Waals surface area contributed by atoms with E-state index in [0.717, 1.165) is 51.3 Å². The Morgan fingerprint density at radius 1 is 1.25 bits per heavy atom. The van der Waals surface area contributed by atoms with Gasteiger partial charge in [0.15, 0.2) is 0 Å². The van der Waals surface area contributed by atoms with Gasteiger partial charge in [0, 0.05) is 13.2 Å². The lowest BCUT2D eigenvalue weighted by Crippen LogP contribution is -2.27. The number of rotatable bonds is 9. The maximum atomic E-state index is 5.73. The van der Waals surface area contributed by atoms with E-state index in [9.17, 15) is 0 Å². The van der Waals surface area contributed by atoms with Crippen molar-refractivity contribution >= 4 is 0 Å². The van der Waals surface area contributed by atoms with Crippen LogP contribution in [-0.2, 0) is 11.2 Å². The topological polar surface area (TPSA) is 30.5 Å². The summed E-state index contributed by atoms with van der Waals surface area (Å²) in [6.07, 6.45) is 6.20. The van der Waals surface area contributed by atoms with Crippen LogP contribution in [0.15, 0.2) is 24.3 Å². The second-order valence-corrected chi connectivity index (χ2v) is 5.39. The van der Waals surface area contributed by atoms with E-state index < -0.39 is 0 Å². The largest absolute Gasteiger partial charge is 0.494 e. The van der Waals surface area contributed by atoms with Gasteiger partial charge in [0.1, 0.15) is 5.75 Å². The molecule has 0 aromatic heterocycles. The maximum Gasteiger partial charge on any atom is 0.119 e. The minimum Gasteiger partial charge on any atom is -0.494 e. The summed E-state index contributed by atoms with van der Waals surface area (Å²) in [6, 6.07) is 8.40. The van der Waals surface area contributed by atoms with Crippen LogP contribution >= 0.6 is 0 Å². The van der Waals surface area contributed by atoms with Crippen LogP contribution in [0.2, 0.25) is 0 Å². The van der Waals surface area contributed by atoms with Gasteiger partial charge in [0.2, 0.25) is 0 Å². The van der Waals surface area contributed by atoms with Gasteiger partial charge in [-0.1, -0.05) is 19.1 Å². The van der Waals surface area contributed by atoms with Crippen LogP contribution in [0, 0.1) is 0 Å². The van der Waals surface area contributed by atoms with Crippen LogP contribution in [0.25, 0.3) is 0 Å². The lowest BCUT2D eigenvalue weighted by molar-refractivity contribution is 0.110. The molecule has 1 atom stereocenters. The molecule has 20 heavy (non-hydrogen) atoms. The van der Waals surface area contributed by atoms with Crippen LogP contribution in [0.3, 0.4) is 0 Å². The smallest absolute Gasteiger partial charge is 0.119 e. The molecular weight excluding hydrogens is 250 g/mol. The maximum absolute atomic E-state index is 5.73. The second kappa shape index (κ2) is 8.98. The van der Waals surface area contributed by atoms with E-state index in [1.54, 1.807) is 0 Å². The molecule has 1 aromatic carbocycles. The summed E-state index contributed by atoms with van der Waals surface area (Å²) in [5.74, 6) is 0.981.